The Kier molecular flexibility index (Phi) is 4.64. The van der Waals surface area contributed by atoms with E-state index in [1.165, 1.54) is 6.21 Å². The number of nitrogens with one attached hydrogen (secondary N) is 2. The average Bonchev–Trinajstić information content (AvgIpc) is 2.04. The summed E-state index contributed by atoms with van der Waals surface area (Å²) in [6.07, 6.45) is 4.68. The first-order chi connectivity index (χ1) is 5.20. The summed E-state index contributed by atoms with van der Waals surface area (Å²) in [5, 5.41) is 13.6. The third-order valence-electron chi connectivity index (χ3n) is 1.05. The highest BCUT2D eigenvalue weighted by atomic mass is 14.8. The first-order valence-corrected chi connectivity index (χ1v) is 3.28. The number of amidine groups is 1. The van der Waals surface area contributed by atoms with E-state index in [9.17, 15) is 0 Å². The molecule has 0 saturated heterocycles. The molecule has 0 radical (unpaired) electrons. The molecule has 0 aliphatic heterocycles. The van der Waals surface area contributed by atoms with Gasteiger partial charge in [-0.2, -0.15) is 0 Å². The summed E-state index contributed by atoms with van der Waals surface area (Å²) in [6, 6.07) is 0. The molecule has 0 aliphatic rings. The maximum atomic E-state index is 6.93. The van der Waals surface area contributed by atoms with Crippen molar-refractivity contribution < 1.29 is 0 Å². The standard InChI is InChI=1S/C7H12N4/c1-2-6(9)3-4-11-7(10)5-8/h3-5,8,10H,2,9H2,1H3. The lowest BCUT2D eigenvalue weighted by molar-refractivity contribution is 1.07. The van der Waals surface area contributed by atoms with Crippen LogP contribution in [0.5, 0.6) is 0 Å². The molecule has 0 fully saturated rings. The van der Waals surface area contributed by atoms with E-state index in [2.05, 4.69) is 4.99 Å². The maximum Gasteiger partial charge on any atom is 0.162 e. The molecule has 0 aromatic carbocycles. The molecular formula is C7H12N4. The Morgan fingerprint density at radius 2 is 2.27 bits per heavy atom. The summed E-state index contributed by atoms with van der Waals surface area (Å²) in [7, 11) is 0. The second kappa shape index (κ2) is 5.34. The number of allylic oxidation sites excluding steroid dienone is 2. The average molecular weight is 152 g/mol. The molecule has 0 heterocycles. The van der Waals surface area contributed by atoms with Crippen molar-refractivity contribution in [3.05, 3.63) is 11.8 Å². The molecule has 0 aromatic heterocycles. The number of nitrogens with two attached hydrogens (primary N) is 1. The van der Waals surface area contributed by atoms with E-state index in [1.807, 2.05) is 6.92 Å². The van der Waals surface area contributed by atoms with Gasteiger partial charge in [-0.15, -0.1) is 0 Å². The second-order valence-corrected chi connectivity index (χ2v) is 1.90. The van der Waals surface area contributed by atoms with Crippen molar-refractivity contribution in [1.82, 2.24) is 0 Å². The molecule has 0 spiro atoms. The molecule has 0 atom stereocenters. The molecule has 0 aliphatic carbocycles. The van der Waals surface area contributed by atoms with Crippen molar-refractivity contribution in [3.8, 4) is 0 Å². The van der Waals surface area contributed by atoms with Crippen LogP contribution in [0.1, 0.15) is 13.3 Å². The van der Waals surface area contributed by atoms with Crippen LogP contribution in [0, 0.1) is 10.8 Å². The van der Waals surface area contributed by atoms with Gasteiger partial charge >= 0.3 is 0 Å². The van der Waals surface area contributed by atoms with E-state index >= 15 is 0 Å². The molecule has 0 saturated carbocycles. The Balaban J connectivity index is 3.95. The monoisotopic (exact) mass is 152 g/mol. The maximum absolute atomic E-state index is 6.93. The summed E-state index contributed by atoms with van der Waals surface area (Å²) in [5.74, 6) is -0.0786. The van der Waals surface area contributed by atoms with Crippen LogP contribution in [0.25, 0.3) is 0 Å². The first-order valence-electron chi connectivity index (χ1n) is 3.28. The zero-order valence-electron chi connectivity index (χ0n) is 6.46. The molecule has 60 valence electrons. The molecular weight excluding hydrogens is 140 g/mol. The van der Waals surface area contributed by atoms with Crippen molar-refractivity contribution in [2.24, 2.45) is 10.7 Å². The highest BCUT2D eigenvalue weighted by Gasteiger charge is 1.81. The van der Waals surface area contributed by atoms with Gasteiger partial charge in [0.1, 0.15) is 0 Å². The molecule has 4 nitrogen and oxygen atoms in total. The topological polar surface area (TPSA) is 86.1 Å². The predicted octanol–water partition coefficient (Wildman–Crippen LogP) is 0.937. The van der Waals surface area contributed by atoms with Crippen molar-refractivity contribution in [3.63, 3.8) is 0 Å². The third kappa shape index (κ3) is 5.02. The minimum Gasteiger partial charge on any atom is -0.402 e. The summed E-state index contributed by atoms with van der Waals surface area (Å²) in [5.41, 5.74) is 6.16. The molecule has 0 aromatic rings. The zero-order valence-corrected chi connectivity index (χ0v) is 6.46. The number of rotatable bonds is 3. The van der Waals surface area contributed by atoms with E-state index < -0.39 is 0 Å². The van der Waals surface area contributed by atoms with E-state index in [0.717, 1.165) is 12.6 Å². The molecule has 0 unspecified atom stereocenters. The van der Waals surface area contributed by atoms with Crippen LogP contribution in [0.3, 0.4) is 0 Å². The highest BCUT2D eigenvalue weighted by Crippen LogP contribution is 1.86. The van der Waals surface area contributed by atoms with Gasteiger partial charge in [-0.3, -0.25) is 5.41 Å². The molecule has 0 amide bonds. The van der Waals surface area contributed by atoms with Gasteiger partial charge in [-0.1, -0.05) is 6.92 Å². The second-order valence-electron chi connectivity index (χ2n) is 1.90. The fourth-order valence-electron chi connectivity index (χ4n) is 0.368. The van der Waals surface area contributed by atoms with Crippen LogP contribution in [0.4, 0.5) is 0 Å². The third-order valence-corrected chi connectivity index (χ3v) is 1.05. The minimum absolute atomic E-state index is 0.0786. The molecule has 0 rings (SSSR count). The van der Waals surface area contributed by atoms with Gasteiger partial charge in [0, 0.05) is 11.9 Å². The van der Waals surface area contributed by atoms with Crippen LogP contribution in [0.15, 0.2) is 16.8 Å². The van der Waals surface area contributed by atoms with E-state index in [-0.39, 0.29) is 5.84 Å². The number of aliphatic imine (C=N–C) groups is 1. The number of nitrogens with zero attached hydrogens (tertiary/aromatic N) is 1. The molecule has 0 bridgehead atoms. The van der Waals surface area contributed by atoms with Crippen LogP contribution in [0.2, 0.25) is 0 Å². The molecule has 11 heavy (non-hydrogen) atoms. The Hall–Kier alpha value is -1.45. The van der Waals surface area contributed by atoms with Gasteiger partial charge in [0.05, 0.1) is 6.21 Å². The fourth-order valence-corrected chi connectivity index (χ4v) is 0.368. The normalized spacial score (nSPS) is 11.9. The van der Waals surface area contributed by atoms with Gasteiger partial charge in [0.15, 0.2) is 5.84 Å². The van der Waals surface area contributed by atoms with Crippen molar-refractivity contribution in [2.75, 3.05) is 0 Å². The van der Waals surface area contributed by atoms with Crippen molar-refractivity contribution in [2.45, 2.75) is 13.3 Å². The molecule has 4 heteroatoms. The number of hydrogen-bond acceptors (Lipinski definition) is 3. The quantitative estimate of drug-likeness (QED) is 0.408. The van der Waals surface area contributed by atoms with Crippen LogP contribution < -0.4 is 5.73 Å². The van der Waals surface area contributed by atoms with Gasteiger partial charge in [0.25, 0.3) is 0 Å². The first kappa shape index (κ1) is 9.55. The van der Waals surface area contributed by atoms with Crippen molar-refractivity contribution in [1.29, 1.82) is 10.8 Å². The fraction of sp³-hybridized carbons (Fsp3) is 0.286. The van der Waals surface area contributed by atoms with Crippen LogP contribution in [-0.4, -0.2) is 18.3 Å². The minimum atomic E-state index is -0.0786. The Bertz CT molecular complexity index is 202. The number of hydrogen-bond donors (Lipinski definition) is 3. The van der Waals surface area contributed by atoms with E-state index in [1.54, 1.807) is 6.08 Å². The lowest BCUT2D eigenvalue weighted by Gasteiger charge is -1.89. The summed E-state index contributed by atoms with van der Waals surface area (Å²) in [4.78, 5) is 3.59. The Labute approximate surface area is 65.8 Å². The SMILES string of the molecule is CCC(N)=CC=NC(=N)C=N. The van der Waals surface area contributed by atoms with Gasteiger partial charge < -0.3 is 11.1 Å². The zero-order chi connectivity index (χ0) is 8.69. The predicted molar refractivity (Wildman–Crippen MR) is 47.6 cm³/mol. The summed E-state index contributed by atoms with van der Waals surface area (Å²) >= 11 is 0. The van der Waals surface area contributed by atoms with E-state index in [4.69, 9.17) is 16.6 Å². The lowest BCUT2D eigenvalue weighted by atomic mass is 10.3. The Morgan fingerprint density at radius 3 is 2.73 bits per heavy atom. The van der Waals surface area contributed by atoms with Crippen LogP contribution in [-0.2, 0) is 0 Å². The smallest absolute Gasteiger partial charge is 0.162 e. The van der Waals surface area contributed by atoms with Crippen molar-refractivity contribution >= 4 is 18.3 Å². The molecule has 4 N–H and O–H groups in total. The summed E-state index contributed by atoms with van der Waals surface area (Å²) in [6.45, 7) is 1.93. The lowest BCUT2D eigenvalue weighted by Crippen LogP contribution is -1.96. The summed E-state index contributed by atoms with van der Waals surface area (Å²) < 4.78 is 0. The largest absolute Gasteiger partial charge is 0.402 e. The van der Waals surface area contributed by atoms with Crippen LogP contribution >= 0.6 is 0 Å². The van der Waals surface area contributed by atoms with Gasteiger partial charge in [0.2, 0.25) is 0 Å². The highest BCUT2D eigenvalue weighted by molar-refractivity contribution is 6.28. The Morgan fingerprint density at radius 1 is 1.64 bits per heavy atom. The van der Waals surface area contributed by atoms with E-state index in [0.29, 0.717) is 5.70 Å². The van der Waals surface area contributed by atoms with Gasteiger partial charge in [-0.25, -0.2) is 4.99 Å². The van der Waals surface area contributed by atoms with Gasteiger partial charge in [-0.05, 0) is 12.5 Å².